The summed E-state index contributed by atoms with van der Waals surface area (Å²) in [6, 6.07) is 2.00. The molecule has 0 spiro atoms. The highest BCUT2D eigenvalue weighted by atomic mass is 16.3. The molecule has 0 aliphatic heterocycles. The summed E-state index contributed by atoms with van der Waals surface area (Å²) in [5, 5.41) is 13.8. The van der Waals surface area contributed by atoms with E-state index in [1.54, 1.807) is 4.68 Å². The molecule has 0 amide bonds. The van der Waals surface area contributed by atoms with Crippen LogP contribution < -0.4 is 0 Å². The van der Waals surface area contributed by atoms with Crippen LogP contribution >= 0.6 is 0 Å². The first-order valence-corrected chi connectivity index (χ1v) is 4.80. The summed E-state index contributed by atoms with van der Waals surface area (Å²) in [5.74, 6) is 0.292. The van der Waals surface area contributed by atoms with E-state index in [9.17, 15) is 5.11 Å². The quantitative estimate of drug-likeness (QED) is 0.763. The number of hydrogen-bond acceptors (Lipinski definition) is 2. The summed E-state index contributed by atoms with van der Waals surface area (Å²) in [5.41, 5.74) is 1.06. The van der Waals surface area contributed by atoms with Gasteiger partial charge < -0.3 is 5.11 Å². The van der Waals surface area contributed by atoms with Crippen LogP contribution in [0.25, 0.3) is 0 Å². The molecule has 3 heteroatoms. The SMILES string of the molecule is CCC(O)C(C)Cc1ccn(C)n1. The van der Waals surface area contributed by atoms with Gasteiger partial charge in [-0.2, -0.15) is 5.10 Å². The summed E-state index contributed by atoms with van der Waals surface area (Å²) < 4.78 is 1.79. The van der Waals surface area contributed by atoms with E-state index in [1.807, 2.05) is 26.2 Å². The van der Waals surface area contributed by atoms with Crippen LogP contribution in [0.4, 0.5) is 0 Å². The first-order chi connectivity index (χ1) is 6.13. The van der Waals surface area contributed by atoms with Gasteiger partial charge in [0, 0.05) is 13.2 Å². The Labute approximate surface area is 79.4 Å². The Morgan fingerprint density at radius 3 is 2.77 bits per heavy atom. The van der Waals surface area contributed by atoms with Gasteiger partial charge in [-0.1, -0.05) is 13.8 Å². The van der Waals surface area contributed by atoms with Crippen molar-refractivity contribution in [2.75, 3.05) is 0 Å². The second kappa shape index (κ2) is 4.42. The average molecular weight is 182 g/mol. The topological polar surface area (TPSA) is 38.0 Å². The van der Waals surface area contributed by atoms with Crippen molar-refractivity contribution >= 4 is 0 Å². The highest BCUT2D eigenvalue weighted by molar-refractivity contribution is 5.00. The standard InChI is InChI=1S/C10H18N2O/c1-4-10(13)8(2)7-9-5-6-12(3)11-9/h5-6,8,10,13H,4,7H2,1-3H3. The molecule has 0 bridgehead atoms. The van der Waals surface area contributed by atoms with Crippen LogP contribution in [0.1, 0.15) is 26.0 Å². The molecule has 13 heavy (non-hydrogen) atoms. The highest BCUT2D eigenvalue weighted by Gasteiger charge is 2.13. The third-order valence-electron chi connectivity index (χ3n) is 2.38. The van der Waals surface area contributed by atoms with Crippen molar-refractivity contribution in [3.05, 3.63) is 18.0 Å². The van der Waals surface area contributed by atoms with Gasteiger partial charge in [-0.05, 0) is 24.8 Å². The molecule has 1 N–H and O–H groups in total. The molecule has 2 atom stereocenters. The van der Waals surface area contributed by atoms with Crippen LogP contribution in [0.5, 0.6) is 0 Å². The zero-order valence-electron chi connectivity index (χ0n) is 8.57. The van der Waals surface area contributed by atoms with E-state index in [-0.39, 0.29) is 6.10 Å². The summed E-state index contributed by atoms with van der Waals surface area (Å²) in [6.45, 7) is 4.06. The molecule has 74 valence electrons. The molecule has 0 aliphatic carbocycles. The molecule has 0 fully saturated rings. The Bertz CT molecular complexity index is 257. The third kappa shape index (κ3) is 2.84. The van der Waals surface area contributed by atoms with Crippen molar-refractivity contribution < 1.29 is 5.11 Å². The fourth-order valence-electron chi connectivity index (χ4n) is 1.44. The minimum absolute atomic E-state index is 0.206. The predicted octanol–water partition coefficient (Wildman–Crippen LogP) is 1.37. The largest absolute Gasteiger partial charge is 0.393 e. The lowest BCUT2D eigenvalue weighted by Gasteiger charge is -2.15. The minimum atomic E-state index is -0.206. The molecular formula is C10H18N2O. The average Bonchev–Trinajstić information content (AvgIpc) is 2.49. The van der Waals surface area contributed by atoms with E-state index in [0.29, 0.717) is 5.92 Å². The lowest BCUT2D eigenvalue weighted by atomic mass is 9.97. The third-order valence-corrected chi connectivity index (χ3v) is 2.38. The molecule has 0 saturated carbocycles. The Morgan fingerprint density at radius 1 is 1.62 bits per heavy atom. The zero-order valence-corrected chi connectivity index (χ0v) is 8.57. The fourth-order valence-corrected chi connectivity index (χ4v) is 1.44. The summed E-state index contributed by atoms with van der Waals surface area (Å²) in [4.78, 5) is 0. The van der Waals surface area contributed by atoms with Gasteiger partial charge in [0.15, 0.2) is 0 Å². The van der Waals surface area contributed by atoms with Crippen molar-refractivity contribution in [3.8, 4) is 0 Å². The van der Waals surface area contributed by atoms with Crippen LogP contribution in [-0.4, -0.2) is 21.0 Å². The Morgan fingerprint density at radius 2 is 2.31 bits per heavy atom. The fraction of sp³-hybridized carbons (Fsp3) is 0.700. The van der Waals surface area contributed by atoms with E-state index < -0.39 is 0 Å². The van der Waals surface area contributed by atoms with Crippen molar-refractivity contribution in [3.63, 3.8) is 0 Å². The van der Waals surface area contributed by atoms with Crippen LogP contribution in [-0.2, 0) is 13.5 Å². The van der Waals surface area contributed by atoms with E-state index in [0.717, 1.165) is 18.5 Å². The van der Waals surface area contributed by atoms with Crippen LogP contribution in [0, 0.1) is 5.92 Å². The first kappa shape index (κ1) is 10.3. The molecule has 0 saturated heterocycles. The molecule has 1 aromatic rings. The molecule has 1 rings (SSSR count). The van der Waals surface area contributed by atoms with Crippen molar-refractivity contribution in [2.24, 2.45) is 13.0 Å². The van der Waals surface area contributed by atoms with Gasteiger partial charge in [-0.15, -0.1) is 0 Å². The first-order valence-electron chi connectivity index (χ1n) is 4.80. The van der Waals surface area contributed by atoms with Crippen LogP contribution in [0.2, 0.25) is 0 Å². The summed E-state index contributed by atoms with van der Waals surface area (Å²) >= 11 is 0. The monoisotopic (exact) mass is 182 g/mol. The highest BCUT2D eigenvalue weighted by Crippen LogP contribution is 2.12. The van der Waals surface area contributed by atoms with Gasteiger partial charge in [0.05, 0.1) is 11.8 Å². The minimum Gasteiger partial charge on any atom is -0.393 e. The molecular weight excluding hydrogens is 164 g/mol. The number of aliphatic hydroxyl groups is 1. The second-order valence-electron chi connectivity index (χ2n) is 3.64. The number of aliphatic hydroxyl groups excluding tert-OH is 1. The predicted molar refractivity (Wildman–Crippen MR) is 52.4 cm³/mol. The lowest BCUT2D eigenvalue weighted by molar-refractivity contribution is 0.112. The van der Waals surface area contributed by atoms with Gasteiger partial charge in [0.1, 0.15) is 0 Å². The van der Waals surface area contributed by atoms with E-state index in [4.69, 9.17) is 0 Å². The molecule has 0 radical (unpaired) electrons. The Balaban J connectivity index is 2.49. The number of aromatic nitrogens is 2. The normalized spacial score (nSPS) is 15.7. The molecule has 2 unspecified atom stereocenters. The van der Waals surface area contributed by atoms with Gasteiger partial charge in [-0.3, -0.25) is 4.68 Å². The number of hydrogen-bond donors (Lipinski definition) is 1. The zero-order chi connectivity index (χ0) is 9.84. The Kier molecular flexibility index (Phi) is 3.48. The van der Waals surface area contributed by atoms with Crippen LogP contribution in [0.15, 0.2) is 12.3 Å². The molecule has 0 aromatic carbocycles. The summed E-state index contributed by atoms with van der Waals surface area (Å²) in [7, 11) is 1.91. The van der Waals surface area contributed by atoms with Crippen LogP contribution in [0.3, 0.4) is 0 Å². The maximum Gasteiger partial charge on any atom is 0.0628 e. The molecule has 1 aromatic heterocycles. The van der Waals surface area contributed by atoms with Gasteiger partial charge in [-0.25, -0.2) is 0 Å². The number of rotatable bonds is 4. The maximum atomic E-state index is 9.56. The van der Waals surface area contributed by atoms with E-state index >= 15 is 0 Å². The van der Waals surface area contributed by atoms with Crippen molar-refractivity contribution in [1.82, 2.24) is 9.78 Å². The lowest BCUT2D eigenvalue weighted by Crippen LogP contribution is -2.18. The second-order valence-corrected chi connectivity index (χ2v) is 3.64. The van der Waals surface area contributed by atoms with E-state index in [1.165, 1.54) is 0 Å². The van der Waals surface area contributed by atoms with Crippen molar-refractivity contribution in [1.29, 1.82) is 0 Å². The Hall–Kier alpha value is -0.830. The smallest absolute Gasteiger partial charge is 0.0628 e. The molecule has 3 nitrogen and oxygen atoms in total. The number of nitrogens with zero attached hydrogens (tertiary/aromatic N) is 2. The van der Waals surface area contributed by atoms with Gasteiger partial charge >= 0.3 is 0 Å². The number of aryl methyl sites for hydroxylation is 1. The molecule has 1 heterocycles. The van der Waals surface area contributed by atoms with Gasteiger partial charge in [0.2, 0.25) is 0 Å². The maximum absolute atomic E-state index is 9.56. The van der Waals surface area contributed by atoms with Gasteiger partial charge in [0.25, 0.3) is 0 Å². The molecule has 0 aliphatic rings. The van der Waals surface area contributed by atoms with Crippen molar-refractivity contribution in [2.45, 2.75) is 32.8 Å². The van der Waals surface area contributed by atoms with E-state index in [2.05, 4.69) is 12.0 Å². The summed E-state index contributed by atoms with van der Waals surface area (Å²) in [6.07, 6.45) is 3.39.